The van der Waals surface area contributed by atoms with Gasteiger partial charge in [0.1, 0.15) is 11.3 Å². The van der Waals surface area contributed by atoms with Gasteiger partial charge in [0.25, 0.3) is 5.95 Å². The van der Waals surface area contributed by atoms with E-state index in [1.807, 2.05) is 4.90 Å². The smallest absolute Gasteiger partial charge is 0.462 e. The Morgan fingerprint density at radius 3 is 2.46 bits per heavy atom. The molecule has 2 heterocycles. The van der Waals surface area contributed by atoms with Crippen LogP contribution in [0.3, 0.4) is 0 Å². The maximum Gasteiger partial charge on any atom is 0.516 e. The van der Waals surface area contributed by atoms with Crippen LogP contribution in [-0.4, -0.2) is 49.6 Å². The van der Waals surface area contributed by atoms with Crippen molar-refractivity contribution >= 4 is 39.0 Å². The van der Waals surface area contributed by atoms with Crippen LogP contribution < -0.4 is 9.62 Å². The molecule has 202 valence electrons. The van der Waals surface area contributed by atoms with E-state index in [4.69, 9.17) is 0 Å². The molecule has 0 amide bonds. The number of halogens is 6. The van der Waals surface area contributed by atoms with E-state index in [-0.39, 0.29) is 6.61 Å². The highest BCUT2D eigenvalue weighted by Gasteiger charge is 2.46. The van der Waals surface area contributed by atoms with Gasteiger partial charge in [0, 0.05) is 25.0 Å². The number of aromatic nitrogens is 2. The van der Waals surface area contributed by atoms with Crippen molar-refractivity contribution in [1.82, 2.24) is 9.97 Å². The molecule has 10 nitrogen and oxygen atoms in total. The van der Waals surface area contributed by atoms with Crippen LogP contribution in [0.1, 0.15) is 41.9 Å². The topological polar surface area (TPSA) is 126 Å². The Hall–Kier alpha value is -3.50. The summed E-state index contributed by atoms with van der Waals surface area (Å²) in [5.41, 5.74) is -8.18. The number of azo groups is 1. The van der Waals surface area contributed by atoms with E-state index in [0.717, 1.165) is 6.07 Å². The molecule has 1 aliphatic heterocycles. The van der Waals surface area contributed by atoms with E-state index in [9.17, 15) is 39.6 Å². The van der Waals surface area contributed by atoms with E-state index in [1.165, 1.54) is 17.7 Å². The summed E-state index contributed by atoms with van der Waals surface area (Å²) in [7, 11) is -5.86. The largest absolute Gasteiger partial charge is 0.516 e. The fourth-order valence-corrected chi connectivity index (χ4v) is 4.05. The monoisotopic (exact) mass is 554 g/mol. The second kappa shape index (κ2) is 10.5. The molecule has 0 atom stereocenters. The normalized spacial score (nSPS) is 14.5. The second-order valence-corrected chi connectivity index (χ2v) is 9.26. The summed E-state index contributed by atoms with van der Waals surface area (Å²) in [6.45, 7) is 4.05. The van der Waals surface area contributed by atoms with Crippen molar-refractivity contribution in [3.63, 3.8) is 0 Å². The first-order valence-electron chi connectivity index (χ1n) is 10.7. The molecule has 1 N–H and O–H groups in total. The number of carbonyl (C=O) groups is 1. The third-order valence-corrected chi connectivity index (χ3v) is 6.23. The van der Waals surface area contributed by atoms with Crippen molar-refractivity contribution < 1.29 is 44.3 Å². The molecule has 0 saturated heterocycles. The number of ether oxygens (including phenoxy) is 1. The first-order valence-corrected chi connectivity index (χ1v) is 12.2. The third-order valence-electron chi connectivity index (χ3n) is 5.13. The molecule has 0 radical (unpaired) electrons. The highest BCUT2D eigenvalue weighted by atomic mass is 32.2. The fraction of sp³-hybridized carbons (Fsp3) is 0.450. The average Bonchev–Trinajstić information content (AvgIpc) is 2.80. The van der Waals surface area contributed by atoms with Gasteiger partial charge in [-0.25, -0.2) is 14.8 Å². The van der Waals surface area contributed by atoms with Gasteiger partial charge >= 0.3 is 27.7 Å². The molecule has 0 aliphatic carbocycles. The number of carbonyl (C=O) groups excluding carboxylic acids is 1. The van der Waals surface area contributed by atoms with Crippen LogP contribution in [0.15, 0.2) is 28.6 Å². The zero-order chi connectivity index (χ0) is 27.6. The Balaban J connectivity index is 2.09. The number of hydrogen-bond acceptors (Lipinski definition) is 9. The summed E-state index contributed by atoms with van der Waals surface area (Å²) < 4.78 is 109. The van der Waals surface area contributed by atoms with Gasteiger partial charge in [-0.2, -0.15) is 34.8 Å². The summed E-state index contributed by atoms with van der Waals surface area (Å²) in [6, 6.07) is 2.44. The number of esters is 1. The number of rotatable bonds is 7. The molecule has 0 fully saturated rings. The number of sulfonamides is 1. The van der Waals surface area contributed by atoms with Gasteiger partial charge in [0.05, 0.1) is 12.3 Å². The zero-order valence-corrected chi connectivity index (χ0v) is 20.1. The summed E-state index contributed by atoms with van der Waals surface area (Å²) in [5.74, 6) is -2.20. The molecule has 0 unspecified atom stereocenters. The Labute approximate surface area is 206 Å². The number of nitrogens with zero attached hydrogens (tertiary/aromatic N) is 5. The zero-order valence-electron chi connectivity index (χ0n) is 19.3. The van der Waals surface area contributed by atoms with E-state index in [2.05, 4.69) is 24.9 Å². The Morgan fingerprint density at radius 2 is 1.86 bits per heavy atom. The number of anilines is 2. The van der Waals surface area contributed by atoms with Crippen molar-refractivity contribution in [3.8, 4) is 0 Å². The van der Waals surface area contributed by atoms with Gasteiger partial charge in [-0.1, -0.05) is 0 Å². The third kappa shape index (κ3) is 6.26. The standard InChI is InChI=1S/C20H20F6N6O4S/c1-3-32-7-5-6-11-8-13(14(9-15(11)32)31-37(34,35)20(24,25)26)29-30-18-27-10-12(17(33)36-4-2)16(28-18)19(21,22)23/h8-10,31H,3-7H2,1-2H3. The van der Waals surface area contributed by atoms with Gasteiger partial charge in [0.2, 0.25) is 0 Å². The van der Waals surface area contributed by atoms with Crippen LogP contribution in [0.2, 0.25) is 0 Å². The van der Waals surface area contributed by atoms with Crippen molar-refractivity contribution in [2.45, 2.75) is 38.4 Å². The molecular weight excluding hydrogens is 534 g/mol. The second-order valence-electron chi connectivity index (χ2n) is 7.58. The first kappa shape index (κ1) is 28.1. The van der Waals surface area contributed by atoms with E-state index < -0.39 is 56.3 Å². The summed E-state index contributed by atoms with van der Waals surface area (Å²) >= 11 is 0. The van der Waals surface area contributed by atoms with Crippen LogP contribution in [0.4, 0.5) is 49.4 Å². The fourth-order valence-electron chi connectivity index (χ4n) is 3.48. The SMILES string of the molecule is CCOC(=O)c1cnc(N=Nc2cc3c(cc2NS(=O)(=O)C(F)(F)F)N(CC)CCC3)nc1C(F)(F)F. The lowest BCUT2D eigenvalue weighted by atomic mass is 10.0. The van der Waals surface area contributed by atoms with Crippen molar-refractivity contribution in [2.75, 3.05) is 29.3 Å². The molecule has 1 aromatic carbocycles. The number of fused-ring (bicyclic) bond motifs is 1. The van der Waals surface area contributed by atoms with Gasteiger partial charge in [-0.3, -0.25) is 4.72 Å². The van der Waals surface area contributed by atoms with Crippen LogP contribution in [0, 0.1) is 0 Å². The Kier molecular flexibility index (Phi) is 7.94. The minimum atomic E-state index is -5.86. The number of hydrogen-bond donors (Lipinski definition) is 1. The van der Waals surface area contributed by atoms with Gasteiger partial charge in [-0.05, 0) is 44.4 Å². The van der Waals surface area contributed by atoms with Gasteiger partial charge < -0.3 is 9.64 Å². The van der Waals surface area contributed by atoms with Crippen LogP contribution in [0.25, 0.3) is 0 Å². The van der Waals surface area contributed by atoms with E-state index in [0.29, 0.717) is 43.4 Å². The molecule has 3 rings (SSSR count). The van der Waals surface area contributed by atoms with Crippen molar-refractivity contribution in [1.29, 1.82) is 0 Å². The molecule has 1 aromatic heterocycles. The van der Waals surface area contributed by atoms with Crippen LogP contribution >= 0.6 is 0 Å². The minimum absolute atomic E-state index is 0.206. The van der Waals surface area contributed by atoms with Crippen LogP contribution in [0.5, 0.6) is 0 Å². The number of alkyl halides is 6. The lowest BCUT2D eigenvalue weighted by Crippen LogP contribution is -2.31. The van der Waals surface area contributed by atoms with E-state index >= 15 is 0 Å². The van der Waals surface area contributed by atoms with Crippen LogP contribution in [-0.2, 0) is 27.4 Å². The molecule has 1 aliphatic rings. The molecule has 0 bridgehead atoms. The van der Waals surface area contributed by atoms with E-state index in [1.54, 1.807) is 6.92 Å². The molecule has 37 heavy (non-hydrogen) atoms. The van der Waals surface area contributed by atoms with Gasteiger partial charge in [0.15, 0.2) is 5.69 Å². The maximum absolute atomic E-state index is 13.5. The van der Waals surface area contributed by atoms with Gasteiger partial charge in [-0.15, -0.1) is 10.2 Å². The Morgan fingerprint density at radius 1 is 1.16 bits per heavy atom. The first-order chi connectivity index (χ1) is 17.2. The lowest BCUT2D eigenvalue weighted by Gasteiger charge is -2.31. The number of nitrogens with one attached hydrogen (secondary N) is 1. The highest BCUT2D eigenvalue weighted by Crippen LogP contribution is 2.39. The maximum atomic E-state index is 13.5. The Bertz CT molecular complexity index is 1310. The quantitative estimate of drug-likeness (QED) is 0.286. The van der Waals surface area contributed by atoms with Crippen molar-refractivity contribution in [3.05, 3.63) is 35.2 Å². The lowest BCUT2D eigenvalue weighted by molar-refractivity contribution is -0.141. The number of benzene rings is 1. The summed E-state index contributed by atoms with van der Waals surface area (Å²) in [5, 5.41) is 7.10. The molecule has 0 saturated carbocycles. The highest BCUT2D eigenvalue weighted by molar-refractivity contribution is 7.93. The van der Waals surface area contributed by atoms with Crippen molar-refractivity contribution in [2.24, 2.45) is 10.2 Å². The summed E-state index contributed by atoms with van der Waals surface area (Å²) in [6.07, 6.45) is -3.39. The number of aryl methyl sites for hydroxylation is 1. The molecular formula is C20H20F6N6O4S. The predicted molar refractivity (Wildman–Crippen MR) is 118 cm³/mol. The molecule has 0 spiro atoms. The molecule has 17 heteroatoms. The minimum Gasteiger partial charge on any atom is -0.462 e. The predicted octanol–water partition coefficient (Wildman–Crippen LogP) is 5.12. The summed E-state index contributed by atoms with van der Waals surface area (Å²) in [4.78, 5) is 20.4. The molecule has 2 aromatic rings. The average molecular weight is 554 g/mol.